The summed E-state index contributed by atoms with van der Waals surface area (Å²) in [6.07, 6.45) is 4.07. The second-order valence-corrected chi connectivity index (χ2v) is 8.70. The summed E-state index contributed by atoms with van der Waals surface area (Å²) in [5.74, 6) is 1.18. The van der Waals surface area contributed by atoms with Gasteiger partial charge in [-0.3, -0.25) is 0 Å². The van der Waals surface area contributed by atoms with Crippen LogP contribution in [0.1, 0.15) is 29.9 Å². The highest BCUT2D eigenvalue weighted by Crippen LogP contribution is 2.43. The van der Waals surface area contributed by atoms with E-state index in [-0.39, 0.29) is 5.17 Å². The number of para-hydroxylation sites is 1. The third-order valence-corrected chi connectivity index (χ3v) is 5.83. The summed E-state index contributed by atoms with van der Waals surface area (Å²) in [5, 5.41) is 10.7. The number of anilines is 2. The highest BCUT2D eigenvalue weighted by molar-refractivity contribution is 7.97. The lowest BCUT2D eigenvalue weighted by Gasteiger charge is -2.10. The van der Waals surface area contributed by atoms with Gasteiger partial charge < -0.3 is 10.6 Å². The molecule has 1 aromatic heterocycles. The number of benzene rings is 3. The van der Waals surface area contributed by atoms with Crippen LogP contribution in [0, 0.1) is 6.92 Å². The standard InChI is InChI=1S/C26H24N6OS/c1-17-6-14-21(15-7-17)32-16-27-24(31-32)19-10-12-20(13-11-19)28-25(33)30-26(34)29-23-5-3-2-4-22(23)18-8-9-18/h2-7,10-16,18H,8-9H2,1H3,(H3,28,29,30,33,34). The van der Waals surface area contributed by atoms with Crippen molar-refractivity contribution in [1.82, 2.24) is 14.8 Å². The van der Waals surface area contributed by atoms with Crippen LogP contribution in [-0.4, -0.2) is 26.0 Å². The van der Waals surface area contributed by atoms with Crippen LogP contribution in [0.4, 0.5) is 16.2 Å². The molecule has 2 N–H and O–H groups in total. The minimum atomic E-state index is -0.504. The average molecular weight is 469 g/mol. The Balaban J connectivity index is 1.22. The molecule has 34 heavy (non-hydrogen) atoms. The highest BCUT2D eigenvalue weighted by atomic mass is 32.1. The first-order valence-electron chi connectivity index (χ1n) is 11.1. The Kier molecular flexibility index (Phi) is 6.14. The molecule has 7 nitrogen and oxygen atoms in total. The van der Waals surface area contributed by atoms with Gasteiger partial charge in [0.15, 0.2) is 11.0 Å². The number of carbonyl (C=O) groups excluding carboxylic acids is 1. The van der Waals surface area contributed by atoms with Gasteiger partial charge in [-0.05, 0) is 73.7 Å². The molecular formula is C26H24N6OS. The van der Waals surface area contributed by atoms with Crippen molar-refractivity contribution >= 4 is 35.2 Å². The van der Waals surface area contributed by atoms with Crippen LogP contribution in [0.15, 0.2) is 84.1 Å². The minimum absolute atomic E-state index is 0.244. The summed E-state index contributed by atoms with van der Waals surface area (Å²) >= 11 is 4.34. The van der Waals surface area contributed by atoms with Crippen LogP contribution < -0.4 is 10.6 Å². The van der Waals surface area contributed by atoms with E-state index in [1.807, 2.05) is 61.5 Å². The van der Waals surface area contributed by atoms with Crippen molar-refractivity contribution in [2.24, 2.45) is 4.99 Å². The Bertz CT molecular complexity index is 1340. The number of nitrogens with zero attached hydrogens (tertiary/aromatic N) is 4. The second-order valence-electron chi connectivity index (χ2n) is 8.28. The lowest BCUT2D eigenvalue weighted by Crippen LogP contribution is -2.13. The lowest BCUT2D eigenvalue weighted by molar-refractivity contribution is 0.259. The van der Waals surface area contributed by atoms with Crippen LogP contribution in [0.2, 0.25) is 0 Å². The molecule has 1 fully saturated rings. The van der Waals surface area contributed by atoms with E-state index < -0.39 is 6.03 Å². The zero-order valence-electron chi connectivity index (χ0n) is 18.6. The Morgan fingerprint density at radius 3 is 2.47 bits per heavy atom. The van der Waals surface area contributed by atoms with Crippen molar-refractivity contribution < 1.29 is 4.79 Å². The van der Waals surface area contributed by atoms with Gasteiger partial charge in [-0.2, -0.15) is 4.99 Å². The van der Waals surface area contributed by atoms with Crippen LogP contribution in [0.25, 0.3) is 17.1 Å². The van der Waals surface area contributed by atoms with Crippen molar-refractivity contribution in [3.8, 4) is 17.1 Å². The molecule has 170 valence electrons. The van der Waals surface area contributed by atoms with Gasteiger partial charge in [0, 0.05) is 16.9 Å². The molecule has 1 aliphatic rings. The van der Waals surface area contributed by atoms with Crippen LogP contribution in [0.3, 0.4) is 0 Å². The zero-order chi connectivity index (χ0) is 23.5. The summed E-state index contributed by atoms with van der Waals surface area (Å²) in [5.41, 5.74) is 5.78. The summed E-state index contributed by atoms with van der Waals surface area (Å²) in [6.45, 7) is 2.05. The normalized spacial score (nSPS) is 13.5. The van der Waals surface area contributed by atoms with Crippen LogP contribution in [-0.2, 0) is 0 Å². The summed E-state index contributed by atoms with van der Waals surface area (Å²) < 4.78 is 1.74. The quantitative estimate of drug-likeness (QED) is 0.189. The molecule has 4 aromatic rings. The number of aryl methyl sites for hydroxylation is 1. The fourth-order valence-corrected chi connectivity index (χ4v) is 3.89. The van der Waals surface area contributed by atoms with Gasteiger partial charge in [-0.15, -0.1) is 17.7 Å². The number of carbonyl (C=O) groups is 1. The van der Waals surface area contributed by atoms with Gasteiger partial charge in [-0.25, -0.2) is 14.5 Å². The molecule has 0 bridgehead atoms. The number of nitrogens with one attached hydrogen (secondary N) is 2. The van der Waals surface area contributed by atoms with E-state index in [1.165, 1.54) is 24.0 Å². The molecule has 0 aliphatic heterocycles. The molecule has 0 saturated heterocycles. The molecule has 1 heterocycles. The molecule has 0 radical (unpaired) electrons. The first-order chi connectivity index (χ1) is 16.5. The third-order valence-electron chi connectivity index (χ3n) is 5.62. The van der Waals surface area contributed by atoms with E-state index in [0.29, 0.717) is 17.4 Å². The van der Waals surface area contributed by atoms with Crippen LogP contribution in [0.5, 0.6) is 0 Å². The fourth-order valence-electron chi connectivity index (χ4n) is 3.68. The maximum atomic E-state index is 12.4. The van der Waals surface area contributed by atoms with Gasteiger partial charge in [0.05, 0.1) is 5.69 Å². The van der Waals surface area contributed by atoms with Gasteiger partial charge in [0.2, 0.25) is 0 Å². The predicted octanol–water partition coefficient (Wildman–Crippen LogP) is 6.05. The number of aliphatic imine (C=N–C) groups is 1. The molecular weight excluding hydrogens is 444 g/mol. The number of rotatable bonds is 5. The Morgan fingerprint density at radius 2 is 1.74 bits per heavy atom. The van der Waals surface area contributed by atoms with E-state index in [9.17, 15) is 4.79 Å². The van der Waals surface area contributed by atoms with E-state index in [0.717, 1.165) is 16.9 Å². The maximum absolute atomic E-state index is 12.4. The Hall–Kier alpha value is -3.91. The SMILES string of the molecule is Cc1ccc(-n2cnc(-c3ccc(NC(=O)/N=C(\S)Nc4ccccc4C4CC4)cc3)n2)cc1. The molecule has 2 amide bonds. The Labute approximate surface area is 203 Å². The molecule has 0 atom stereocenters. The predicted molar refractivity (Wildman–Crippen MR) is 139 cm³/mol. The van der Waals surface area contributed by atoms with E-state index in [4.69, 9.17) is 0 Å². The second kappa shape index (κ2) is 9.52. The number of hydrogen-bond acceptors (Lipinski definition) is 3. The molecule has 5 rings (SSSR count). The summed E-state index contributed by atoms with van der Waals surface area (Å²) in [6, 6.07) is 22.9. The number of hydrogen-bond donors (Lipinski definition) is 3. The number of amides is 2. The molecule has 0 unspecified atom stereocenters. The summed E-state index contributed by atoms with van der Waals surface area (Å²) in [4.78, 5) is 20.8. The molecule has 1 aliphatic carbocycles. The van der Waals surface area contributed by atoms with E-state index in [2.05, 4.69) is 44.4 Å². The molecule has 8 heteroatoms. The Morgan fingerprint density at radius 1 is 1.00 bits per heavy atom. The van der Waals surface area contributed by atoms with Gasteiger partial charge >= 0.3 is 6.03 Å². The fraction of sp³-hybridized carbons (Fsp3) is 0.154. The molecule has 3 aromatic carbocycles. The highest BCUT2D eigenvalue weighted by Gasteiger charge is 2.25. The van der Waals surface area contributed by atoms with Crippen LogP contribution >= 0.6 is 12.6 Å². The molecule has 1 saturated carbocycles. The van der Waals surface area contributed by atoms with E-state index >= 15 is 0 Å². The van der Waals surface area contributed by atoms with Gasteiger partial charge in [0.1, 0.15) is 6.33 Å². The lowest BCUT2D eigenvalue weighted by atomic mass is 10.1. The number of urea groups is 1. The number of amidine groups is 1. The van der Waals surface area contributed by atoms with Crippen molar-refractivity contribution in [2.75, 3.05) is 10.6 Å². The largest absolute Gasteiger partial charge is 0.347 e. The van der Waals surface area contributed by atoms with Gasteiger partial charge in [-0.1, -0.05) is 35.9 Å². The van der Waals surface area contributed by atoms with Crippen molar-refractivity contribution in [3.05, 3.63) is 90.3 Å². The molecule has 0 spiro atoms. The number of aromatic nitrogens is 3. The average Bonchev–Trinajstić information content (AvgIpc) is 3.56. The topological polar surface area (TPSA) is 84.2 Å². The number of thiol groups is 1. The zero-order valence-corrected chi connectivity index (χ0v) is 19.5. The first kappa shape index (κ1) is 21.9. The maximum Gasteiger partial charge on any atom is 0.347 e. The van der Waals surface area contributed by atoms with Crippen molar-refractivity contribution in [3.63, 3.8) is 0 Å². The first-order valence-corrected chi connectivity index (χ1v) is 11.5. The smallest absolute Gasteiger partial charge is 0.335 e. The van der Waals surface area contributed by atoms with Crippen molar-refractivity contribution in [2.45, 2.75) is 25.7 Å². The summed E-state index contributed by atoms with van der Waals surface area (Å²) in [7, 11) is 0. The van der Waals surface area contributed by atoms with E-state index in [1.54, 1.807) is 23.1 Å². The van der Waals surface area contributed by atoms with Crippen molar-refractivity contribution in [1.29, 1.82) is 0 Å². The minimum Gasteiger partial charge on any atom is -0.335 e. The third kappa shape index (κ3) is 5.18. The monoisotopic (exact) mass is 468 g/mol. The van der Waals surface area contributed by atoms with Gasteiger partial charge in [0.25, 0.3) is 0 Å².